The summed E-state index contributed by atoms with van der Waals surface area (Å²) in [7, 11) is 0. The van der Waals surface area contributed by atoms with Crippen LogP contribution < -0.4 is 0 Å². The molecular formula is C11H21. The van der Waals surface area contributed by atoms with E-state index in [-0.39, 0.29) is 0 Å². The van der Waals surface area contributed by atoms with Crippen molar-refractivity contribution in [2.24, 2.45) is 11.8 Å². The largest absolute Gasteiger partial charge is 0.0651 e. The molecule has 0 aromatic carbocycles. The molecule has 2 unspecified atom stereocenters. The van der Waals surface area contributed by atoms with Gasteiger partial charge < -0.3 is 0 Å². The Hall–Kier alpha value is 0. The average Bonchev–Trinajstić information content (AvgIpc) is 2.28. The summed E-state index contributed by atoms with van der Waals surface area (Å²) in [5.74, 6) is 1.96. The monoisotopic (exact) mass is 153 g/mol. The zero-order chi connectivity index (χ0) is 8.10. The topological polar surface area (TPSA) is 0 Å². The molecule has 1 rings (SSSR count). The van der Waals surface area contributed by atoms with Gasteiger partial charge in [0.25, 0.3) is 0 Å². The molecule has 0 aliphatic heterocycles. The third-order valence-electron chi connectivity index (χ3n) is 3.05. The van der Waals surface area contributed by atoms with Crippen molar-refractivity contribution < 1.29 is 0 Å². The first-order valence-electron chi connectivity index (χ1n) is 5.20. The highest BCUT2D eigenvalue weighted by Gasteiger charge is 2.17. The molecule has 11 heavy (non-hydrogen) atoms. The van der Waals surface area contributed by atoms with Gasteiger partial charge in [0.2, 0.25) is 0 Å². The zero-order valence-electron chi connectivity index (χ0n) is 7.97. The zero-order valence-corrected chi connectivity index (χ0v) is 7.97. The van der Waals surface area contributed by atoms with Crippen LogP contribution in [0.1, 0.15) is 52.4 Å². The van der Waals surface area contributed by atoms with Gasteiger partial charge in [0.15, 0.2) is 0 Å². The fourth-order valence-corrected chi connectivity index (χ4v) is 2.11. The molecular weight excluding hydrogens is 132 g/mol. The van der Waals surface area contributed by atoms with Crippen molar-refractivity contribution in [3.8, 4) is 0 Å². The molecule has 0 bridgehead atoms. The van der Waals surface area contributed by atoms with Gasteiger partial charge in [-0.1, -0.05) is 39.5 Å². The first kappa shape index (κ1) is 9.09. The van der Waals surface area contributed by atoms with Gasteiger partial charge in [-0.25, -0.2) is 0 Å². The second kappa shape index (κ2) is 4.79. The number of rotatable bonds is 2. The minimum Gasteiger partial charge on any atom is -0.0651 e. The Balaban J connectivity index is 2.33. The molecule has 0 N–H and O–H groups in total. The molecule has 1 radical (unpaired) electrons. The smallest absolute Gasteiger partial charge is 0.0355 e. The van der Waals surface area contributed by atoms with Crippen LogP contribution in [-0.2, 0) is 0 Å². The summed E-state index contributed by atoms with van der Waals surface area (Å²) in [6, 6.07) is 0. The van der Waals surface area contributed by atoms with Crippen molar-refractivity contribution >= 4 is 0 Å². The molecule has 0 amide bonds. The summed E-state index contributed by atoms with van der Waals surface area (Å²) in [6.45, 7) is 4.65. The van der Waals surface area contributed by atoms with E-state index in [1.807, 2.05) is 0 Å². The lowest BCUT2D eigenvalue weighted by molar-refractivity contribution is 0.386. The predicted octanol–water partition coefficient (Wildman–Crippen LogP) is 3.82. The second-order valence-corrected chi connectivity index (χ2v) is 3.84. The maximum Gasteiger partial charge on any atom is -0.0355 e. The SMILES string of the molecule is CCC1[CH]CCCC(CC)C1. The minimum atomic E-state index is 0.933. The first-order chi connectivity index (χ1) is 5.36. The van der Waals surface area contributed by atoms with E-state index < -0.39 is 0 Å². The van der Waals surface area contributed by atoms with Gasteiger partial charge >= 0.3 is 0 Å². The maximum atomic E-state index is 2.55. The fraction of sp³-hybridized carbons (Fsp3) is 0.909. The van der Waals surface area contributed by atoms with E-state index in [0.29, 0.717) is 0 Å². The molecule has 0 heteroatoms. The number of hydrogen-bond acceptors (Lipinski definition) is 0. The molecule has 1 saturated carbocycles. The van der Waals surface area contributed by atoms with Crippen molar-refractivity contribution in [1.29, 1.82) is 0 Å². The van der Waals surface area contributed by atoms with Crippen molar-refractivity contribution in [1.82, 2.24) is 0 Å². The highest BCUT2D eigenvalue weighted by molar-refractivity contribution is 4.81. The molecule has 65 valence electrons. The van der Waals surface area contributed by atoms with E-state index in [1.54, 1.807) is 0 Å². The second-order valence-electron chi connectivity index (χ2n) is 3.84. The van der Waals surface area contributed by atoms with Crippen LogP contribution in [0.25, 0.3) is 0 Å². The molecule has 2 atom stereocenters. The van der Waals surface area contributed by atoms with Crippen molar-refractivity contribution in [3.63, 3.8) is 0 Å². The van der Waals surface area contributed by atoms with E-state index in [0.717, 1.165) is 11.8 Å². The molecule has 0 saturated heterocycles. The highest BCUT2D eigenvalue weighted by Crippen LogP contribution is 2.30. The molecule has 0 aromatic rings. The Morgan fingerprint density at radius 2 is 2.09 bits per heavy atom. The Morgan fingerprint density at radius 3 is 2.73 bits per heavy atom. The first-order valence-corrected chi connectivity index (χ1v) is 5.20. The van der Waals surface area contributed by atoms with Crippen LogP contribution in [0.3, 0.4) is 0 Å². The van der Waals surface area contributed by atoms with Gasteiger partial charge in [0.1, 0.15) is 0 Å². The lowest BCUT2D eigenvalue weighted by atomic mass is 9.90. The van der Waals surface area contributed by atoms with Crippen LogP contribution in [0.4, 0.5) is 0 Å². The third kappa shape index (κ3) is 2.84. The lowest BCUT2D eigenvalue weighted by Crippen LogP contribution is -2.04. The van der Waals surface area contributed by atoms with Crippen molar-refractivity contribution in [3.05, 3.63) is 6.42 Å². The Bertz CT molecular complexity index is 84.2. The van der Waals surface area contributed by atoms with E-state index in [2.05, 4.69) is 20.3 Å². The summed E-state index contributed by atoms with van der Waals surface area (Å²) >= 11 is 0. The van der Waals surface area contributed by atoms with Gasteiger partial charge in [0, 0.05) is 0 Å². The molecule has 0 spiro atoms. The van der Waals surface area contributed by atoms with Crippen LogP contribution in [0.5, 0.6) is 0 Å². The van der Waals surface area contributed by atoms with Crippen LogP contribution in [-0.4, -0.2) is 0 Å². The maximum absolute atomic E-state index is 2.55. The van der Waals surface area contributed by atoms with Gasteiger partial charge in [-0.15, -0.1) is 0 Å². The summed E-state index contributed by atoms with van der Waals surface area (Å²) in [4.78, 5) is 0. The van der Waals surface area contributed by atoms with Gasteiger partial charge in [-0.2, -0.15) is 0 Å². The van der Waals surface area contributed by atoms with Gasteiger partial charge in [0.05, 0.1) is 0 Å². The normalized spacial score (nSPS) is 33.3. The van der Waals surface area contributed by atoms with Gasteiger partial charge in [-0.3, -0.25) is 0 Å². The summed E-state index contributed by atoms with van der Waals surface area (Å²) < 4.78 is 0. The summed E-state index contributed by atoms with van der Waals surface area (Å²) in [6.07, 6.45) is 11.1. The molecule has 0 heterocycles. The average molecular weight is 153 g/mol. The van der Waals surface area contributed by atoms with Crippen LogP contribution >= 0.6 is 0 Å². The molecule has 1 aliphatic rings. The van der Waals surface area contributed by atoms with E-state index in [4.69, 9.17) is 0 Å². The van der Waals surface area contributed by atoms with Crippen LogP contribution in [0, 0.1) is 18.3 Å². The Morgan fingerprint density at radius 1 is 1.27 bits per heavy atom. The lowest BCUT2D eigenvalue weighted by Gasteiger charge is -2.16. The van der Waals surface area contributed by atoms with Crippen molar-refractivity contribution in [2.45, 2.75) is 52.4 Å². The van der Waals surface area contributed by atoms with Crippen LogP contribution in [0.2, 0.25) is 0 Å². The fourth-order valence-electron chi connectivity index (χ4n) is 2.11. The third-order valence-corrected chi connectivity index (χ3v) is 3.05. The molecule has 0 nitrogen and oxygen atoms in total. The highest BCUT2D eigenvalue weighted by atomic mass is 14.2. The Labute approximate surface area is 71.4 Å². The van der Waals surface area contributed by atoms with E-state index in [9.17, 15) is 0 Å². The van der Waals surface area contributed by atoms with Crippen LogP contribution in [0.15, 0.2) is 0 Å². The molecule has 1 aliphatic carbocycles. The molecule has 1 fully saturated rings. The van der Waals surface area contributed by atoms with Gasteiger partial charge in [-0.05, 0) is 31.1 Å². The number of hydrogen-bond donors (Lipinski definition) is 0. The molecule has 0 aromatic heterocycles. The summed E-state index contributed by atoms with van der Waals surface area (Å²) in [5.41, 5.74) is 0. The predicted molar refractivity (Wildman–Crippen MR) is 50.3 cm³/mol. The Kier molecular flexibility index (Phi) is 3.96. The summed E-state index contributed by atoms with van der Waals surface area (Å²) in [5, 5.41) is 0. The minimum absolute atomic E-state index is 0.933. The van der Waals surface area contributed by atoms with Crippen molar-refractivity contribution in [2.75, 3.05) is 0 Å². The standard InChI is InChI=1S/C11H21/c1-3-10-7-5-6-8-11(4-2)9-10/h7,10-11H,3-6,8-9H2,1-2H3. The van der Waals surface area contributed by atoms with E-state index >= 15 is 0 Å². The van der Waals surface area contributed by atoms with E-state index in [1.165, 1.54) is 38.5 Å². The quantitative estimate of drug-likeness (QED) is 0.529.